The highest BCUT2D eigenvalue weighted by molar-refractivity contribution is 6.12. The molecule has 2 amide bonds. The molecular weight excluding hydrogens is 465 g/mol. The van der Waals surface area contributed by atoms with E-state index in [0.717, 1.165) is 5.56 Å². The third kappa shape index (κ3) is 4.70. The van der Waals surface area contributed by atoms with Crippen LogP contribution in [0.1, 0.15) is 22.1 Å². The number of hydrogen-bond acceptors (Lipinski definition) is 6. The van der Waals surface area contributed by atoms with Gasteiger partial charge in [0.25, 0.3) is 11.8 Å². The molecule has 186 valence electrons. The zero-order valence-electron chi connectivity index (χ0n) is 19.8. The summed E-state index contributed by atoms with van der Waals surface area (Å²) < 4.78 is 30.3. The molecule has 9 heteroatoms. The van der Waals surface area contributed by atoms with Crippen LogP contribution in [0.3, 0.4) is 0 Å². The Morgan fingerprint density at radius 1 is 1.06 bits per heavy atom. The second-order valence-electron chi connectivity index (χ2n) is 8.44. The van der Waals surface area contributed by atoms with E-state index >= 15 is 0 Å². The quantitative estimate of drug-likeness (QED) is 0.565. The van der Waals surface area contributed by atoms with Crippen molar-refractivity contribution in [2.45, 2.75) is 6.17 Å². The molecule has 8 nitrogen and oxygen atoms in total. The number of fused-ring (bicyclic) bond motifs is 1. The van der Waals surface area contributed by atoms with E-state index in [1.165, 1.54) is 19.2 Å². The Labute approximate surface area is 208 Å². The molecule has 0 aliphatic carbocycles. The molecule has 0 bridgehead atoms. The van der Waals surface area contributed by atoms with Crippen molar-refractivity contribution in [2.75, 3.05) is 50.2 Å². The van der Waals surface area contributed by atoms with Crippen LogP contribution in [0.4, 0.5) is 15.8 Å². The largest absolute Gasteiger partial charge is 0.493 e. The van der Waals surface area contributed by atoms with Gasteiger partial charge in [0.2, 0.25) is 0 Å². The molecule has 0 radical (unpaired) electrons. The molecule has 0 aromatic heterocycles. The Morgan fingerprint density at radius 2 is 1.81 bits per heavy atom. The lowest BCUT2D eigenvalue weighted by Gasteiger charge is -2.38. The van der Waals surface area contributed by atoms with E-state index in [-0.39, 0.29) is 24.2 Å². The molecule has 2 heterocycles. The highest BCUT2D eigenvalue weighted by Gasteiger charge is 2.34. The molecular formula is C27H26FN3O5. The third-order valence-corrected chi connectivity index (χ3v) is 6.25. The summed E-state index contributed by atoms with van der Waals surface area (Å²) in [4.78, 5) is 29.3. The second-order valence-corrected chi connectivity index (χ2v) is 8.44. The van der Waals surface area contributed by atoms with Gasteiger partial charge in [0.1, 0.15) is 12.0 Å². The molecule has 2 aliphatic heterocycles. The molecule has 2 aliphatic rings. The van der Waals surface area contributed by atoms with Gasteiger partial charge in [-0.25, -0.2) is 4.39 Å². The predicted molar refractivity (Wildman–Crippen MR) is 132 cm³/mol. The summed E-state index contributed by atoms with van der Waals surface area (Å²) in [7, 11) is 1.52. The van der Waals surface area contributed by atoms with Crippen LogP contribution in [0.5, 0.6) is 11.5 Å². The lowest BCUT2D eigenvalue weighted by Crippen LogP contribution is -2.43. The van der Waals surface area contributed by atoms with Crippen LogP contribution >= 0.6 is 0 Å². The Hall–Kier alpha value is -4.11. The Morgan fingerprint density at radius 3 is 2.56 bits per heavy atom. The fourth-order valence-electron chi connectivity index (χ4n) is 4.37. The average Bonchev–Trinajstić information content (AvgIpc) is 2.92. The van der Waals surface area contributed by atoms with Crippen molar-refractivity contribution >= 4 is 23.2 Å². The first-order chi connectivity index (χ1) is 17.5. The molecule has 36 heavy (non-hydrogen) atoms. The summed E-state index contributed by atoms with van der Waals surface area (Å²) in [6, 6.07) is 18.3. The van der Waals surface area contributed by atoms with Crippen LogP contribution in [-0.4, -0.2) is 56.7 Å². The van der Waals surface area contributed by atoms with Crippen molar-refractivity contribution < 1.29 is 28.2 Å². The summed E-state index contributed by atoms with van der Waals surface area (Å²) in [5.74, 6) is 0.121. The number of amides is 2. The molecule has 5 rings (SSSR count). The van der Waals surface area contributed by atoms with E-state index in [2.05, 4.69) is 5.32 Å². The van der Waals surface area contributed by atoms with Gasteiger partial charge in [0, 0.05) is 24.5 Å². The number of benzene rings is 3. The van der Waals surface area contributed by atoms with Crippen molar-refractivity contribution in [3.63, 3.8) is 0 Å². The highest BCUT2D eigenvalue weighted by atomic mass is 19.1. The van der Waals surface area contributed by atoms with E-state index < -0.39 is 6.17 Å². The Balaban J connectivity index is 1.43. The minimum atomic E-state index is -0.587. The number of rotatable bonds is 6. The van der Waals surface area contributed by atoms with Crippen LogP contribution in [0.15, 0.2) is 66.7 Å². The van der Waals surface area contributed by atoms with Crippen molar-refractivity contribution in [3.8, 4) is 11.5 Å². The van der Waals surface area contributed by atoms with Gasteiger partial charge in [0.15, 0.2) is 18.1 Å². The molecule has 1 N–H and O–H groups in total. The third-order valence-electron chi connectivity index (χ3n) is 6.25. The number of carbonyl (C=O) groups excluding carboxylic acids is 2. The molecule has 1 fully saturated rings. The van der Waals surface area contributed by atoms with Gasteiger partial charge in [-0.15, -0.1) is 0 Å². The number of nitrogens with one attached hydrogen (secondary N) is 1. The van der Waals surface area contributed by atoms with E-state index in [4.69, 9.17) is 14.2 Å². The van der Waals surface area contributed by atoms with Gasteiger partial charge in [-0.3, -0.25) is 14.5 Å². The summed E-state index contributed by atoms with van der Waals surface area (Å²) in [5.41, 5.74) is 2.49. The van der Waals surface area contributed by atoms with Crippen molar-refractivity contribution in [1.29, 1.82) is 0 Å². The lowest BCUT2D eigenvalue weighted by atomic mass is 10.0. The maximum Gasteiger partial charge on any atom is 0.262 e. The number of morpholine rings is 1. The number of carbonyl (C=O) groups is 2. The number of methoxy groups -OCH3 is 1. The van der Waals surface area contributed by atoms with Gasteiger partial charge >= 0.3 is 0 Å². The topological polar surface area (TPSA) is 80.3 Å². The standard InChI is InChI=1S/C27H26FN3O5/c1-34-24-16-18(6-11-23(24)36-17-25(32)30-12-14-35-15-13-30)26-29-22-5-3-2-4-21(22)27(33)31(26)20-9-7-19(28)8-10-20/h2-11,16,26,29H,12-15,17H2,1H3/t26-/m0/s1. The molecule has 0 spiro atoms. The van der Waals surface area contributed by atoms with E-state index in [1.807, 2.05) is 18.2 Å². The maximum absolute atomic E-state index is 13.6. The van der Waals surface area contributed by atoms with Crippen molar-refractivity contribution in [1.82, 2.24) is 4.90 Å². The van der Waals surface area contributed by atoms with Crippen molar-refractivity contribution in [3.05, 3.63) is 83.7 Å². The van der Waals surface area contributed by atoms with Crippen LogP contribution in [0.25, 0.3) is 0 Å². The minimum absolute atomic E-state index is 0.120. The van der Waals surface area contributed by atoms with Crippen molar-refractivity contribution in [2.24, 2.45) is 0 Å². The highest BCUT2D eigenvalue weighted by Crippen LogP contribution is 2.39. The first-order valence-electron chi connectivity index (χ1n) is 11.7. The van der Waals surface area contributed by atoms with E-state index in [0.29, 0.717) is 54.7 Å². The maximum atomic E-state index is 13.6. The van der Waals surface area contributed by atoms with Gasteiger partial charge in [0.05, 0.1) is 25.9 Å². The predicted octanol–water partition coefficient (Wildman–Crippen LogP) is 3.84. The number of hydrogen-bond donors (Lipinski definition) is 1. The van der Waals surface area contributed by atoms with Gasteiger partial charge in [-0.1, -0.05) is 18.2 Å². The first kappa shape index (κ1) is 23.6. The number of ether oxygens (including phenoxy) is 3. The minimum Gasteiger partial charge on any atom is -0.493 e. The number of nitrogens with zero attached hydrogens (tertiary/aromatic N) is 2. The van der Waals surface area contributed by atoms with E-state index in [9.17, 15) is 14.0 Å². The van der Waals surface area contributed by atoms with Gasteiger partial charge in [-0.2, -0.15) is 0 Å². The average molecular weight is 492 g/mol. The number of para-hydroxylation sites is 1. The second kappa shape index (κ2) is 10.2. The van der Waals surface area contributed by atoms with Crippen LogP contribution in [-0.2, 0) is 9.53 Å². The Kier molecular flexibility index (Phi) is 6.73. The molecule has 0 unspecified atom stereocenters. The van der Waals surface area contributed by atoms with Crippen LogP contribution < -0.4 is 19.7 Å². The number of anilines is 2. The molecule has 3 aromatic carbocycles. The molecule has 0 saturated carbocycles. The zero-order chi connectivity index (χ0) is 25.1. The number of halogens is 1. The normalized spacial score (nSPS) is 17.3. The lowest BCUT2D eigenvalue weighted by molar-refractivity contribution is -0.137. The summed E-state index contributed by atoms with van der Waals surface area (Å²) in [6.07, 6.45) is -0.587. The molecule has 3 aromatic rings. The van der Waals surface area contributed by atoms with E-state index in [1.54, 1.807) is 46.2 Å². The van der Waals surface area contributed by atoms with Gasteiger partial charge in [-0.05, 0) is 54.1 Å². The first-order valence-corrected chi connectivity index (χ1v) is 11.7. The summed E-state index contributed by atoms with van der Waals surface area (Å²) in [6.45, 7) is 2.00. The molecule has 1 saturated heterocycles. The van der Waals surface area contributed by atoms with Crippen LogP contribution in [0.2, 0.25) is 0 Å². The Bertz CT molecular complexity index is 1260. The summed E-state index contributed by atoms with van der Waals surface area (Å²) in [5, 5.41) is 3.41. The van der Waals surface area contributed by atoms with Crippen LogP contribution in [0, 0.1) is 5.82 Å². The monoisotopic (exact) mass is 491 g/mol. The summed E-state index contributed by atoms with van der Waals surface area (Å²) >= 11 is 0. The smallest absolute Gasteiger partial charge is 0.262 e. The fraction of sp³-hybridized carbons (Fsp3) is 0.259. The molecule has 1 atom stereocenters. The van der Waals surface area contributed by atoms with Gasteiger partial charge < -0.3 is 24.4 Å². The fourth-order valence-corrected chi connectivity index (χ4v) is 4.37. The zero-order valence-corrected chi connectivity index (χ0v) is 19.8. The SMILES string of the molecule is COc1cc([C@H]2Nc3ccccc3C(=O)N2c2ccc(F)cc2)ccc1OCC(=O)N1CCOCC1.